The number of benzene rings is 2. The van der Waals surface area contributed by atoms with E-state index < -0.39 is 4.92 Å². The van der Waals surface area contributed by atoms with Gasteiger partial charge in [0.2, 0.25) is 0 Å². The summed E-state index contributed by atoms with van der Waals surface area (Å²) in [5.74, 6) is 1.36. The van der Waals surface area contributed by atoms with Crippen LogP contribution in [0.15, 0.2) is 42.5 Å². The molecule has 0 spiro atoms. The fourth-order valence-corrected chi connectivity index (χ4v) is 3.23. The average Bonchev–Trinajstić information content (AvgIpc) is 2.62. The molecule has 1 amide bonds. The van der Waals surface area contributed by atoms with Gasteiger partial charge in [0.05, 0.1) is 10.5 Å². The molecular weight excluding hydrogens is 350 g/mol. The molecule has 0 bridgehead atoms. The number of amides is 1. The van der Waals surface area contributed by atoms with Crippen LogP contribution in [0.3, 0.4) is 0 Å². The van der Waals surface area contributed by atoms with E-state index in [2.05, 4.69) is 36.5 Å². The lowest BCUT2D eigenvalue weighted by atomic mass is 10.1. The van der Waals surface area contributed by atoms with Gasteiger partial charge < -0.3 is 10.2 Å². The summed E-state index contributed by atoms with van der Waals surface area (Å²) in [6.45, 7) is 2.56. The van der Waals surface area contributed by atoms with Gasteiger partial charge in [0.15, 0.2) is 0 Å². The Hall–Kier alpha value is -2.54. The number of carbonyl (C=O) groups excluding carboxylic acids is 1. The summed E-state index contributed by atoms with van der Waals surface area (Å²) in [4.78, 5) is 24.7. The lowest BCUT2D eigenvalue weighted by Gasteiger charge is -2.17. The van der Waals surface area contributed by atoms with Gasteiger partial charge in [0.1, 0.15) is 0 Å². The first-order valence-electron chi connectivity index (χ1n) is 8.25. The monoisotopic (exact) mass is 373 g/mol. The second-order valence-corrected chi connectivity index (χ2v) is 7.25. The van der Waals surface area contributed by atoms with Crippen LogP contribution in [0.25, 0.3) is 0 Å². The van der Waals surface area contributed by atoms with Gasteiger partial charge in [-0.1, -0.05) is 29.8 Å². The van der Waals surface area contributed by atoms with Gasteiger partial charge in [-0.25, -0.2) is 0 Å². The second-order valence-electron chi connectivity index (χ2n) is 6.15. The Balaban J connectivity index is 1.89. The fourth-order valence-electron chi connectivity index (χ4n) is 2.42. The van der Waals surface area contributed by atoms with E-state index >= 15 is 0 Å². The molecule has 0 saturated carbocycles. The van der Waals surface area contributed by atoms with E-state index in [0.29, 0.717) is 17.8 Å². The predicted molar refractivity (Wildman–Crippen MR) is 107 cm³/mol. The molecule has 6 nitrogen and oxygen atoms in total. The highest BCUT2D eigenvalue weighted by Crippen LogP contribution is 2.24. The normalized spacial score (nSPS) is 10.4. The lowest BCUT2D eigenvalue weighted by molar-refractivity contribution is -0.384. The van der Waals surface area contributed by atoms with Crippen molar-refractivity contribution in [3.05, 3.63) is 69.3 Å². The Kier molecular flexibility index (Phi) is 7.03. The number of hydrogen-bond acceptors (Lipinski definition) is 5. The lowest BCUT2D eigenvalue weighted by Crippen LogP contribution is -2.27. The highest BCUT2D eigenvalue weighted by molar-refractivity contribution is 7.98. The van der Waals surface area contributed by atoms with Gasteiger partial charge in [0.25, 0.3) is 11.6 Å². The quantitative estimate of drug-likeness (QED) is 0.434. The third-order valence-corrected chi connectivity index (χ3v) is 4.87. The van der Waals surface area contributed by atoms with E-state index in [1.165, 1.54) is 23.3 Å². The summed E-state index contributed by atoms with van der Waals surface area (Å²) >= 11 is 1.73. The molecule has 0 aliphatic heterocycles. The van der Waals surface area contributed by atoms with E-state index in [0.717, 1.165) is 11.5 Å². The third-order valence-electron chi connectivity index (χ3n) is 3.84. The van der Waals surface area contributed by atoms with Gasteiger partial charge in [0, 0.05) is 50.0 Å². The number of carbonyl (C=O) groups is 1. The molecule has 0 atom stereocenters. The molecule has 1 N–H and O–H groups in total. The zero-order valence-electron chi connectivity index (χ0n) is 15.2. The first kappa shape index (κ1) is 19.8. The van der Waals surface area contributed by atoms with Crippen molar-refractivity contribution in [3.8, 4) is 0 Å². The minimum Gasteiger partial charge on any atom is -0.377 e. The van der Waals surface area contributed by atoms with Crippen LogP contribution >= 0.6 is 11.8 Å². The van der Waals surface area contributed by atoms with E-state index in [1.807, 2.05) is 0 Å². The van der Waals surface area contributed by atoms with Crippen molar-refractivity contribution in [2.45, 2.75) is 12.7 Å². The first-order chi connectivity index (χ1) is 12.4. The number of thioether (sulfide) groups is 1. The molecule has 0 aliphatic rings. The van der Waals surface area contributed by atoms with Crippen LogP contribution in [-0.4, -0.2) is 37.2 Å². The molecule has 0 saturated heterocycles. The summed E-state index contributed by atoms with van der Waals surface area (Å²) in [7, 11) is 3.60. The number of nitro groups is 1. The number of anilines is 1. The van der Waals surface area contributed by atoms with E-state index in [1.54, 1.807) is 36.8 Å². The standard InChI is InChI=1S/C19H23N3O3S/c1-14-4-6-15(7-5-14)13-26-11-10-20-19(23)17-12-16(22(24)25)8-9-18(17)21(2)3/h4-9,12H,10-11,13H2,1-3H3,(H,20,23). The van der Waals surface area contributed by atoms with Crippen LogP contribution in [-0.2, 0) is 5.75 Å². The molecule has 2 aromatic rings. The summed E-state index contributed by atoms with van der Waals surface area (Å²) in [5, 5.41) is 13.8. The molecule has 0 aliphatic carbocycles. The Morgan fingerprint density at radius 2 is 1.88 bits per heavy atom. The highest BCUT2D eigenvalue weighted by atomic mass is 32.2. The molecule has 2 rings (SSSR count). The van der Waals surface area contributed by atoms with Crippen molar-refractivity contribution in [1.29, 1.82) is 0 Å². The fraction of sp³-hybridized carbons (Fsp3) is 0.316. The van der Waals surface area contributed by atoms with Crippen LogP contribution in [0, 0.1) is 17.0 Å². The molecule has 7 heteroatoms. The number of hydrogen-bond donors (Lipinski definition) is 1. The Morgan fingerprint density at radius 3 is 2.50 bits per heavy atom. The van der Waals surface area contributed by atoms with Crippen LogP contribution < -0.4 is 10.2 Å². The Labute approximate surface area is 157 Å². The smallest absolute Gasteiger partial charge is 0.270 e. The maximum Gasteiger partial charge on any atom is 0.270 e. The van der Waals surface area contributed by atoms with Crippen molar-refractivity contribution in [2.75, 3.05) is 31.3 Å². The number of non-ortho nitro benzene ring substituents is 1. The highest BCUT2D eigenvalue weighted by Gasteiger charge is 2.17. The van der Waals surface area contributed by atoms with Crippen molar-refractivity contribution in [1.82, 2.24) is 5.32 Å². The van der Waals surface area contributed by atoms with Gasteiger partial charge in [-0.05, 0) is 18.6 Å². The minimum atomic E-state index is -0.492. The van der Waals surface area contributed by atoms with Crippen LogP contribution in [0.2, 0.25) is 0 Å². The number of nitro benzene ring substituents is 1. The Morgan fingerprint density at radius 1 is 1.19 bits per heavy atom. The second kappa shape index (κ2) is 9.24. The van der Waals surface area contributed by atoms with Crippen LogP contribution in [0.1, 0.15) is 21.5 Å². The zero-order valence-corrected chi connectivity index (χ0v) is 16.0. The van der Waals surface area contributed by atoms with E-state index in [9.17, 15) is 14.9 Å². The molecule has 138 valence electrons. The molecule has 0 aromatic heterocycles. The van der Waals surface area contributed by atoms with E-state index in [-0.39, 0.29) is 11.6 Å². The van der Waals surface area contributed by atoms with Gasteiger partial charge in [-0.3, -0.25) is 14.9 Å². The number of nitrogens with one attached hydrogen (secondary N) is 1. The van der Waals surface area contributed by atoms with Gasteiger partial charge in [-0.15, -0.1) is 0 Å². The summed E-state index contributed by atoms with van der Waals surface area (Å²) < 4.78 is 0. The molecule has 0 unspecified atom stereocenters. The molecule has 26 heavy (non-hydrogen) atoms. The predicted octanol–water partition coefficient (Wildman–Crippen LogP) is 3.63. The third kappa shape index (κ3) is 5.49. The molecule has 2 aromatic carbocycles. The largest absolute Gasteiger partial charge is 0.377 e. The number of aryl methyl sites for hydroxylation is 1. The van der Waals surface area contributed by atoms with Crippen molar-refractivity contribution in [2.24, 2.45) is 0 Å². The summed E-state index contributed by atoms with van der Waals surface area (Å²) in [6, 6.07) is 12.7. The summed E-state index contributed by atoms with van der Waals surface area (Å²) in [5.41, 5.74) is 3.36. The molecule has 0 heterocycles. The zero-order chi connectivity index (χ0) is 19.1. The maximum absolute atomic E-state index is 12.4. The Bertz CT molecular complexity index is 776. The average molecular weight is 373 g/mol. The summed E-state index contributed by atoms with van der Waals surface area (Å²) in [6.07, 6.45) is 0. The topological polar surface area (TPSA) is 75.5 Å². The SMILES string of the molecule is Cc1ccc(CSCCNC(=O)c2cc([N+](=O)[O-])ccc2N(C)C)cc1. The first-order valence-corrected chi connectivity index (χ1v) is 9.41. The molecule has 0 radical (unpaired) electrons. The maximum atomic E-state index is 12.4. The van der Waals surface area contributed by atoms with Crippen molar-refractivity contribution in [3.63, 3.8) is 0 Å². The minimum absolute atomic E-state index is 0.0884. The van der Waals surface area contributed by atoms with Gasteiger partial charge in [-0.2, -0.15) is 11.8 Å². The van der Waals surface area contributed by atoms with Crippen LogP contribution in [0.4, 0.5) is 11.4 Å². The van der Waals surface area contributed by atoms with Crippen molar-refractivity contribution < 1.29 is 9.72 Å². The number of nitrogens with zero attached hydrogens (tertiary/aromatic N) is 2. The van der Waals surface area contributed by atoms with E-state index in [4.69, 9.17) is 0 Å². The van der Waals surface area contributed by atoms with Crippen molar-refractivity contribution >= 4 is 29.0 Å². The molecule has 0 fully saturated rings. The van der Waals surface area contributed by atoms with Gasteiger partial charge >= 0.3 is 0 Å². The molecular formula is C19H23N3O3S. The van der Waals surface area contributed by atoms with Crippen LogP contribution in [0.5, 0.6) is 0 Å². The number of rotatable bonds is 8.